The normalized spacial score (nSPS) is 28.0. The highest BCUT2D eigenvalue weighted by molar-refractivity contribution is 6.24. The van der Waals surface area contributed by atoms with Gasteiger partial charge in [-0.15, -0.1) is 0 Å². The summed E-state index contributed by atoms with van der Waals surface area (Å²) < 4.78 is 5.18. The molecule has 3 heterocycles. The van der Waals surface area contributed by atoms with Gasteiger partial charge in [-0.1, -0.05) is 29.8 Å². The number of nitrogens with zero attached hydrogens (tertiary/aromatic N) is 2. The van der Waals surface area contributed by atoms with Crippen molar-refractivity contribution < 1.29 is 19.1 Å². The SMILES string of the molecule is COc1ccc(N2C(=O)C3C(C2=O)C(C(=O)c2ccc(C)cc2)N2CCCC32)cc1. The second-order valence-electron chi connectivity index (χ2n) is 8.38. The molecule has 4 atom stereocenters. The second kappa shape index (κ2) is 7.06. The predicted octanol–water partition coefficient (Wildman–Crippen LogP) is 2.84. The molecule has 0 aliphatic carbocycles. The number of ether oxygens (including phenoxy) is 1. The molecule has 3 saturated heterocycles. The summed E-state index contributed by atoms with van der Waals surface area (Å²) >= 11 is 0. The lowest BCUT2D eigenvalue weighted by atomic mass is 9.85. The van der Waals surface area contributed by atoms with Gasteiger partial charge >= 0.3 is 0 Å². The van der Waals surface area contributed by atoms with E-state index in [4.69, 9.17) is 4.74 Å². The number of hydrogen-bond acceptors (Lipinski definition) is 5. The number of Topliss-reactive ketones (excluding diaryl/α,β-unsaturated/α-hetero) is 1. The molecular weight excluding hydrogens is 380 g/mol. The molecule has 154 valence electrons. The standard InChI is InChI=1S/C24H24N2O4/c1-14-5-7-15(8-6-14)22(27)21-20-19(18-4-3-13-25(18)21)23(28)26(24(20)29)16-9-11-17(30-2)12-10-16/h5-12,18-21H,3-4,13H2,1-2H3. The number of methoxy groups -OCH3 is 1. The number of rotatable bonds is 4. The third-order valence-corrected chi connectivity index (χ3v) is 6.79. The number of benzene rings is 2. The molecule has 0 N–H and O–H groups in total. The largest absolute Gasteiger partial charge is 0.497 e. The molecule has 0 radical (unpaired) electrons. The van der Waals surface area contributed by atoms with E-state index in [0.717, 1.165) is 24.9 Å². The monoisotopic (exact) mass is 404 g/mol. The van der Waals surface area contributed by atoms with E-state index in [9.17, 15) is 14.4 Å². The van der Waals surface area contributed by atoms with E-state index in [0.29, 0.717) is 17.0 Å². The highest BCUT2D eigenvalue weighted by Crippen LogP contribution is 2.48. The molecule has 0 spiro atoms. The highest BCUT2D eigenvalue weighted by Gasteiger charge is 2.64. The van der Waals surface area contributed by atoms with Crippen LogP contribution in [0.2, 0.25) is 0 Å². The first-order valence-electron chi connectivity index (χ1n) is 10.4. The summed E-state index contributed by atoms with van der Waals surface area (Å²) in [5, 5.41) is 0. The number of amides is 2. The van der Waals surface area contributed by atoms with Crippen LogP contribution in [-0.2, 0) is 9.59 Å². The van der Waals surface area contributed by atoms with Gasteiger partial charge in [0.1, 0.15) is 5.75 Å². The minimum atomic E-state index is -0.626. The molecule has 0 saturated carbocycles. The molecule has 2 aromatic rings. The number of fused-ring (bicyclic) bond motifs is 3. The Balaban J connectivity index is 1.52. The molecule has 6 nitrogen and oxygen atoms in total. The highest BCUT2D eigenvalue weighted by atomic mass is 16.5. The Hall–Kier alpha value is -2.99. The van der Waals surface area contributed by atoms with Crippen molar-refractivity contribution in [3.05, 3.63) is 59.7 Å². The van der Waals surface area contributed by atoms with Crippen molar-refractivity contribution >= 4 is 23.3 Å². The van der Waals surface area contributed by atoms with Crippen LogP contribution in [0, 0.1) is 18.8 Å². The molecule has 30 heavy (non-hydrogen) atoms. The molecule has 2 aromatic carbocycles. The van der Waals surface area contributed by atoms with Crippen LogP contribution >= 0.6 is 0 Å². The summed E-state index contributed by atoms with van der Waals surface area (Å²) in [6, 6.07) is 13.7. The van der Waals surface area contributed by atoms with E-state index in [1.807, 2.05) is 31.2 Å². The molecule has 4 unspecified atom stereocenters. The lowest BCUT2D eigenvalue weighted by Crippen LogP contribution is -2.46. The summed E-state index contributed by atoms with van der Waals surface area (Å²) in [6.45, 7) is 2.73. The van der Waals surface area contributed by atoms with Crippen LogP contribution in [-0.4, -0.2) is 48.2 Å². The van der Waals surface area contributed by atoms with Gasteiger partial charge in [-0.05, 0) is 50.6 Å². The molecule has 3 fully saturated rings. The fourth-order valence-corrected chi connectivity index (χ4v) is 5.39. The van der Waals surface area contributed by atoms with Gasteiger partial charge in [-0.2, -0.15) is 0 Å². The maximum atomic E-state index is 13.5. The van der Waals surface area contributed by atoms with Gasteiger partial charge in [0.25, 0.3) is 0 Å². The van der Waals surface area contributed by atoms with E-state index < -0.39 is 17.9 Å². The van der Waals surface area contributed by atoms with Crippen LogP contribution in [0.1, 0.15) is 28.8 Å². The third kappa shape index (κ3) is 2.70. The maximum Gasteiger partial charge on any atom is 0.239 e. The van der Waals surface area contributed by atoms with E-state index >= 15 is 0 Å². The minimum Gasteiger partial charge on any atom is -0.497 e. The van der Waals surface area contributed by atoms with Crippen molar-refractivity contribution in [2.24, 2.45) is 11.8 Å². The van der Waals surface area contributed by atoms with E-state index in [1.165, 1.54) is 4.90 Å². The van der Waals surface area contributed by atoms with Crippen molar-refractivity contribution in [3.63, 3.8) is 0 Å². The van der Waals surface area contributed by atoms with Crippen molar-refractivity contribution in [2.45, 2.75) is 31.8 Å². The summed E-state index contributed by atoms with van der Waals surface area (Å²) in [5.41, 5.74) is 2.21. The van der Waals surface area contributed by atoms with E-state index in [1.54, 1.807) is 31.4 Å². The molecule has 5 rings (SSSR count). The van der Waals surface area contributed by atoms with Gasteiger partial charge in [-0.25, -0.2) is 4.90 Å². The Morgan fingerprint density at radius 2 is 1.63 bits per heavy atom. The lowest BCUT2D eigenvalue weighted by molar-refractivity contribution is -0.123. The summed E-state index contributed by atoms with van der Waals surface area (Å²) in [4.78, 5) is 43.7. The van der Waals surface area contributed by atoms with Crippen LogP contribution in [0.15, 0.2) is 48.5 Å². The van der Waals surface area contributed by atoms with Crippen molar-refractivity contribution in [2.75, 3.05) is 18.6 Å². The minimum absolute atomic E-state index is 0.0471. The van der Waals surface area contributed by atoms with Crippen molar-refractivity contribution in [3.8, 4) is 5.75 Å². The van der Waals surface area contributed by atoms with Gasteiger partial charge in [0.05, 0.1) is 30.7 Å². The van der Waals surface area contributed by atoms with Crippen LogP contribution in [0.4, 0.5) is 5.69 Å². The number of ketones is 1. The second-order valence-corrected chi connectivity index (χ2v) is 8.38. The summed E-state index contributed by atoms with van der Waals surface area (Å²) in [7, 11) is 1.57. The smallest absolute Gasteiger partial charge is 0.239 e. The summed E-state index contributed by atoms with van der Waals surface area (Å²) in [5.74, 6) is -0.943. The Morgan fingerprint density at radius 3 is 2.30 bits per heavy atom. The Morgan fingerprint density at radius 1 is 0.967 bits per heavy atom. The number of carbonyl (C=O) groups excluding carboxylic acids is 3. The van der Waals surface area contributed by atoms with Crippen LogP contribution in [0.25, 0.3) is 0 Å². The predicted molar refractivity (Wildman–Crippen MR) is 111 cm³/mol. The first-order valence-corrected chi connectivity index (χ1v) is 10.4. The van der Waals surface area contributed by atoms with Gasteiger partial charge < -0.3 is 4.74 Å². The third-order valence-electron chi connectivity index (χ3n) is 6.79. The summed E-state index contributed by atoms with van der Waals surface area (Å²) in [6.07, 6.45) is 1.78. The molecule has 0 aromatic heterocycles. The fourth-order valence-electron chi connectivity index (χ4n) is 5.39. The lowest BCUT2D eigenvalue weighted by Gasteiger charge is -2.27. The van der Waals surface area contributed by atoms with Gasteiger partial charge in [0, 0.05) is 11.6 Å². The van der Waals surface area contributed by atoms with Gasteiger partial charge in [-0.3, -0.25) is 19.3 Å². The maximum absolute atomic E-state index is 13.5. The number of anilines is 1. The zero-order chi connectivity index (χ0) is 21.0. The van der Waals surface area contributed by atoms with Gasteiger partial charge in [0.2, 0.25) is 11.8 Å². The molecule has 6 heteroatoms. The van der Waals surface area contributed by atoms with E-state index in [-0.39, 0.29) is 23.6 Å². The molecule has 3 aliphatic rings. The Bertz CT molecular complexity index is 1010. The molecule has 3 aliphatic heterocycles. The molecule has 2 amide bonds. The molecule has 0 bridgehead atoms. The average molecular weight is 404 g/mol. The first kappa shape index (κ1) is 19.0. The van der Waals surface area contributed by atoms with Crippen LogP contribution in [0.5, 0.6) is 5.75 Å². The number of hydrogen-bond donors (Lipinski definition) is 0. The van der Waals surface area contributed by atoms with Crippen molar-refractivity contribution in [1.82, 2.24) is 4.90 Å². The Kier molecular flexibility index (Phi) is 4.47. The first-order chi connectivity index (χ1) is 14.5. The van der Waals surface area contributed by atoms with Crippen LogP contribution in [0.3, 0.4) is 0 Å². The van der Waals surface area contributed by atoms with E-state index in [2.05, 4.69) is 4.90 Å². The van der Waals surface area contributed by atoms with Gasteiger partial charge in [0.15, 0.2) is 5.78 Å². The Labute approximate surface area is 175 Å². The average Bonchev–Trinajstić information content (AvgIpc) is 3.40. The quantitative estimate of drug-likeness (QED) is 0.579. The zero-order valence-electron chi connectivity index (χ0n) is 17.1. The molecular formula is C24H24N2O4. The fraction of sp³-hybridized carbons (Fsp3) is 0.375. The topological polar surface area (TPSA) is 66.9 Å². The number of carbonyl (C=O) groups is 3. The van der Waals surface area contributed by atoms with Crippen LogP contribution < -0.4 is 9.64 Å². The number of aryl methyl sites for hydroxylation is 1. The van der Waals surface area contributed by atoms with Crippen molar-refractivity contribution in [1.29, 1.82) is 0 Å². The number of imide groups is 1. The zero-order valence-corrected chi connectivity index (χ0v) is 17.1.